The molecular weight excluding hydrogens is 628 g/mol. The van der Waals surface area contributed by atoms with Gasteiger partial charge in [0.25, 0.3) is 0 Å². The van der Waals surface area contributed by atoms with Crippen molar-refractivity contribution in [2.45, 2.75) is 62.3 Å². The Hall–Kier alpha value is -5.09. The number of primary amides is 1. The molecule has 264 valence electrons. The molecule has 22 nitrogen and oxygen atoms in total. The lowest BCUT2D eigenvalue weighted by Crippen LogP contribution is -2.58. The van der Waals surface area contributed by atoms with Crippen LogP contribution in [-0.4, -0.2) is 138 Å². The third-order valence-electron chi connectivity index (χ3n) is 6.73. The number of hydrogen-bond acceptors (Lipinski definition) is 12. The topological polar surface area (TPSA) is 383 Å². The third-order valence-corrected chi connectivity index (χ3v) is 6.73. The zero-order valence-electron chi connectivity index (χ0n) is 25.6. The number of carbonyl (C=O) groups excluding carboxylic acids is 7. The highest BCUT2D eigenvalue weighted by atomic mass is 16.4. The number of aliphatic hydroxyl groups excluding tert-OH is 1. The van der Waals surface area contributed by atoms with Crippen LogP contribution in [0, 0.1) is 0 Å². The van der Waals surface area contributed by atoms with E-state index in [1.54, 1.807) is 0 Å². The predicted octanol–water partition coefficient (Wildman–Crippen LogP) is -8.04. The number of aliphatic carboxylic acids is 1. The summed E-state index contributed by atoms with van der Waals surface area (Å²) in [5.74, 6) is -7.81. The van der Waals surface area contributed by atoms with E-state index in [-0.39, 0.29) is 44.9 Å². The Morgan fingerprint density at radius 1 is 0.851 bits per heavy atom. The zero-order valence-corrected chi connectivity index (χ0v) is 25.6. The van der Waals surface area contributed by atoms with Gasteiger partial charge in [-0.1, -0.05) is 0 Å². The van der Waals surface area contributed by atoms with E-state index in [9.17, 15) is 48.6 Å². The molecule has 22 heteroatoms. The van der Waals surface area contributed by atoms with Crippen LogP contribution in [0.15, 0.2) is 4.99 Å². The van der Waals surface area contributed by atoms with Crippen LogP contribution < -0.4 is 55.3 Å². The Kier molecular flexibility index (Phi) is 17.1. The molecule has 47 heavy (non-hydrogen) atoms. The average Bonchev–Trinajstić information content (AvgIpc) is 3.51. The van der Waals surface area contributed by atoms with Gasteiger partial charge in [0.05, 0.1) is 32.2 Å². The van der Waals surface area contributed by atoms with Crippen LogP contribution in [0.4, 0.5) is 0 Å². The predicted molar refractivity (Wildman–Crippen MR) is 162 cm³/mol. The summed E-state index contributed by atoms with van der Waals surface area (Å²) >= 11 is 0. The van der Waals surface area contributed by atoms with Crippen LogP contribution in [0.25, 0.3) is 0 Å². The number of aliphatic imine (C=N–C) groups is 1. The van der Waals surface area contributed by atoms with Crippen LogP contribution in [0.2, 0.25) is 0 Å². The van der Waals surface area contributed by atoms with E-state index in [0.29, 0.717) is 6.42 Å². The monoisotopic (exact) mass is 672 g/mol. The highest BCUT2D eigenvalue weighted by Crippen LogP contribution is 2.18. The molecule has 7 amide bonds. The van der Waals surface area contributed by atoms with E-state index in [2.05, 4.69) is 31.6 Å². The molecule has 1 unspecified atom stereocenters. The van der Waals surface area contributed by atoms with Crippen molar-refractivity contribution in [1.29, 1.82) is 0 Å². The number of guanidine groups is 1. The molecule has 0 saturated carbocycles. The van der Waals surface area contributed by atoms with E-state index >= 15 is 0 Å². The summed E-state index contributed by atoms with van der Waals surface area (Å²) in [5.41, 5.74) is 26.7. The van der Waals surface area contributed by atoms with E-state index in [0.717, 1.165) is 4.90 Å². The number of carboxylic acid groups (broad SMARTS) is 1. The first kappa shape index (κ1) is 39.9. The molecule has 0 radical (unpaired) electrons. The van der Waals surface area contributed by atoms with Gasteiger partial charge in [-0.15, -0.1) is 0 Å². The minimum Gasteiger partial charge on any atom is -0.481 e. The molecule has 5 atom stereocenters. The van der Waals surface area contributed by atoms with Crippen molar-refractivity contribution in [3.63, 3.8) is 0 Å². The molecule has 1 aliphatic heterocycles. The van der Waals surface area contributed by atoms with Gasteiger partial charge < -0.3 is 70.4 Å². The van der Waals surface area contributed by atoms with Gasteiger partial charge >= 0.3 is 5.97 Å². The molecule has 1 saturated heterocycles. The minimum absolute atomic E-state index is 0.0134. The number of carboxylic acids is 1. The first-order valence-electron chi connectivity index (χ1n) is 14.5. The molecule has 1 fully saturated rings. The summed E-state index contributed by atoms with van der Waals surface area (Å²) in [6.07, 6.45) is -0.00175. The zero-order chi connectivity index (χ0) is 35.7. The Labute approximate surface area is 268 Å². The van der Waals surface area contributed by atoms with E-state index in [1.807, 2.05) is 0 Å². The summed E-state index contributed by atoms with van der Waals surface area (Å²) in [6, 6.07) is -6.56. The van der Waals surface area contributed by atoms with Crippen molar-refractivity contribution in [2.24, 2.45) is 33.7 Å². The lowest BCUT2D eigenvalue weighted by Gasteiger charge is -2.28. The summed E-state index contributed by atoms with van der Waals surface area (Å²) in [7, 11) is 0. The highest BCUT2D eigenvalue weighted by Gasteiger charge is 2.37. The number of likely N-dealkylation sites (tertiary alicyclic amines) is 1. The van der Waals surface area contributed by atoms with E-state index in [1.165, 1.54) is 0 Å². The average molecular weight is 673 g/mol. The molecule has 0 aromatic carbocycles. The van der Waals surface area contributed by atoms with Crippen LogP contribution in [0.3, 0.4) is 0 Å². The number of nitrogens with one attached hydrogen (secondary N) is 5. The van der Waals surface area contributed by atoms with Gasteiger partial charge in [0, 0.05) is 19.6 Å². The first-order valence-corrected chi connectivity index (χ1v) is 14.5. The van der Waals surface area contributed by atoms with Crippen LogP contribution in [0.1, 0.15) is 32.1 Å². The van der Waals surface area contributed by atoms with Gasteiger partial charge in [0.15, 0.2) is 5.96 Å². The molecule has 0 aliphatic carbocycles. The van der Waals surface area contributed by atoms with Gasteiger partial charge in [0.1, 0.15) is 24.2 Å². The second kappa shape index (κ2) is 20.1. The fourth-order valence-corrected chi connectivity index (χ4v) is 4.33. The fourth-order valence-electron chi connectivity index (χ4n) is 4.33. The maximum absolute atomic E-state index is 12.9. The molecule has 0 aromatic rings. The van der Waals surface area contributed by atoms with Gasteiger partial charge in [-0.3, -0.25) is 43.3 Å². The minimum atomic E-state index is -1.75. The normalized spacial score (nSPS) is 16.4. The molecule has 0 aromatic heterocycles. The largest absolute Gasteiger partial charge is 0.481 e. The molecule has 1 aliphatic rings. The Morgan fingerprint density at radius 2 is 1.45 bits per heavy atom. The third kappa shape index (κ3) is 14.3. The quantitative estimate of drug-likeness (QED) is 0.0325. The van der Waals surface area contributed by atoms with Crippen molar-refractivity contribution in [3.05, 3.63) is 0 Å². The van der Waals surface area contributed by atoms with Gasteiger partial charge in [0.2, 0.25) is 41.4 Å². The second-order valence-electron chi connectivity index (χ2n) is 10.4. The SMILES string of the molecule is NCC(N)C(=O)NCC(=O)N[C@@H](CCCN=C(N)N)C(=O)NCC(=O)N[C@@H](CC(=O)O)C(=O)N[C@@H](CO)C(=O)N1CCC[C@H]1C(N)=O. The van der Waals surface area contributed by atoms with E-state index < -0.39 is 104 Å². The van der Waals surface area contributed by atoms with Crippen molar-refractivity contribution in [2.75, 3.05) is 39.3 Å². The summed E-state index contributed by atoms with van der Waals surface area (Å²) in [4.78, 5) is 103. The highest BCUT2D eigenvalue weighted by molar-refractivity contribution is 5.97. The molecule has 1 heterocycles. The lowest BCUT2D eigenvalue weighted by molar-refractivity contribution is -0.143. The molecule has 0 bridgehead atoms. The Morgan fingerprint density at radius 3 is 1.98 bits per heavy atom. The summed E-state index contributed by atoms with van der Waals surface area (Å²) in [6.45, 7) is -2.17. The number of rotatable bonds is 20. The first-order chi connectivity index (χ1) is 22.1. The van der Waals surface area contributed by atoms with Crippen molar-refractivity contribution in [1.82, 2.24) is 31.5 Å². The van der Waals surface area contributed by atoms with Crippen LogP contribution in [-0.2, 0) is 38.4 Å². The number of aliphatic hydroxyl groups is 1. The Bertz CT molecular complexity index is 1200. The van der Waals surface area contributed by atoms with Gasteiger partial charge in [-0.25, -0.2) is 0 Å². The van der Waals surface area contributed by atoms with Crippen molar-refractivity contribution >= 4 is 53.3 Å². The van der Waals surface area contributed by atoms with Crippen LogP contribution >= 0.6 is 0 Å². The number of amides is 7. The summed E-state index contributed by atoms with van der Waals surface area (Å²) < 4.78 is 0. The fraction of sp³-hybridized carbons (Fsp3) is 0.640. The maximum Gasteiger partial charge on any atom is 0.305 e. The number of nitrogens with zero attached hydrogens (tertiary/aromatic N) is 2. The molecular formula is C25H44N12O10. The standard InChI is InChI=1S/C25H44N12O10/c26-8-12(27)21(44)32-9-17(39)34-13(3-1-5-31-25(29)30)22(45)33-10-18(40)35-14(7-19(41)42)23(46)36-15(11-38)24(47)37-6-2-4-16(37)20(28)43/h12-16,38H,1-11,26-27H2,(H2,28,43)(H,32,44)(H,33,45)(H,34,39)(H,35,40)(H,36,46)(H,41,42)(H4,29,30,31)/t12?,13-,14-,15-,16-/m0/s1. The van der Waals surface area contributed by atoms with E-state index in [4.69, 9.17) is 28.7 Å². The molecule has 0 spiro atoms. The number of carbonyl (C=O) groups is 8. The second-order valence-corrected chi connectivity index (χ2v) is 10.4. The number of nitrogens with two attached hydrogens (primary N) is 5. The van der Waals surface area contributed by atoms with Crippen molar-refractivity contribution in [3.8, 4) is 0 Å². The molecule has 1 rings (SSSR count). The summed E-state index contributed by atoms with van der Waals surface area (Å²) in [5, 5.41) is 30.2. The van der Waals surface area contributed by atoms with Crippen molar-refractivity contribution < 1.29 is 48.6 Å². The van der Waals surface area contributed by atoms with Gasteiger partial charge in [-0.2, -0.15) is 0 Å². The molecule has 17 N–H and O–H groups in total. The van der Waals surface area contributed by atoms with Gasteiger partial charge in [-0.05, 0) is 25.7 Å². The Balaban J connectivity index is 2.87. The number of hydrogen-bond donors (Lipinski definition) is 12. The lowest BCUT2D eigenvalue weighted by atomic mass is 10.1. The maximum atomic E-state index is 12.9. The van der Waals surface area contributed by atoms with Crippen LogP contribution in [0.5, 0.6) is 0 Å². The smallest absolute Gasteiger partial charge is 0.305 e.